The predicted molar refractivity (Wildman–Crippen MR) is 106 cm³/mol. The van der Waals surface area contributed by atoms with Crippen molar-refractivity contribution in [3.63, 3.8) is 0 Å². The van der Waals surface area contributed by atoms with Crippen LogP contribution in [0.25, 0.3) is 6.08 Å². The standard InChI is InChI=1S/C22H22O7/c1-12-16(28-13(2)22(24)27-5)9-7-15-20(23)19(29-21(12)15)11-14-6-8-17(25-3)18(10-14)26-4/h6-11,13H,1-5H3/t13-/m1/s1. The lowest BCUT2D eigenvalue weighted by Gasteiger charge is -2.15. The topological polar surface area (TPSA) is 80.3 Å². The van der Waals surface area contributed by atoms with E-state index in [1.165, 1.54) is 7.11 Å². The predicted octanol–water partition coefficient (Wildman–Crippen LogP) is 3.57. The molecule has 7 heteroatoms. The first-order valence-electron chi connectivity index (χ1n) is 8.94. The van der Waals surface area contributed by atoms with Crippen molar-refractivity contribution in [2.24, 2.45) is 0 Å². The number of ether oxygens (including phenoxy) is 5. The number of carbonyl (C=O) groups is 2. The third-order valence-corrected chi connectivity index (χ3v) is 4.58. The normalized spacial score (nSPS) is 14.8. The first kappa shape index (κ1) is 20.3. The Morgan fingerprint density at radius 2 is 1.72 bits per heavy atom. The van der Waals surface area contributed by atoms with Gasteiger partial charge in [0.15, 0.2) is 23.4 Å². The second kappa shape index (κ2) is 8.26. The van der Waals surface area contributed by atoms with Gasteiger partial charge in [-0.2, -0.15) is 0 Å². The molecule has 0 fully saturated rings. The first-order chi connectivity index (χ1) is 13.9. The highest BCUT2D eigenvalue weighted by molar-refractivity contribution is 6.15. The van der Waals surface area contributed by atoms with Gasteiger partial charge in [-0.1, -0.05) is 6.07 Å². The summed E-state index contributed by atoms with van der Waals surface area (Å²) in [5.74, 6) is 1.47. The Labute approximate surface area is 168 Å². The lowest BCUT2D eigenvalue weighted by Crippen LogP contribution is -2.25. The molecule has 0 unspecified atom stereocenters. The van der Waals surface area contributed by atoms with Gasteiger partial charge in [0.2, 0.25) is 5.78 Å². The van der Waals surface area contributed by atoms with Gasteiger partial charge >= 0.3 is 5.97 Å². The van der Waals surface area contributed by atoms with Crippen LogP contribution in [0, 0.1) is 6.92 Å². The third kappa shape index (κ3) is 3.89. The van der Waals surface area contributed by atoms with Crippen LogP contribution in [0.5, 0.6) is 23.0 Å². The summed E-state index contributed by atoms with van der Waals surface area (Å²) in [4.78, 5) is 24.4. The lowest BCUT2D eigenvalue weighted by atomic mass is 10.1. The zero-order valence-electron chi connectivity index (χ0n) is 16.9. The van der Waals surface area contributed by atoms with Crippen LogP contribution in [-0.4, -0.2) is 39.2 Å². The van der Waals surface area contributed by atoms with Gasteiger partial charge in [-0.3, -0.25) is 4.79 Å². The quantitative estimate of drug-likeness (QED) is 0.544. The molecule has 0 bridgehead atoms. The number of hydrogen-bond donors (Lipinski definition) is 0. The van der Waals surface area contributed by atoms with Crippen molar-refractivity contribution < 1.29 is 33.3 Å². The third-order valence-electron chi connectivity index (χ3n) is 4.58. The SMILES string of the molecule is COC(=O)[C@@H](C)Oc1ccc2c(c1C)OC(=Cc1ccc(OC)c(OC)c1)C2=O. The summed E-state index contributed by atoms with van der Waals surface area (Å²) in [7, 11) is 4.40. The molecule has 1 heterocycles. The molecule has 1 aliphatic heterocycles. The molecule has 29 heavy (non-hydrogen) atoms. The van der Waals surface area contributed by atoms with Crippen LogP contribution in [0.1, 0.15) is 28.4 Å². The fraction of sp³-hybridized carbons (Fsp3) is 0.273. The molecule has 1 atom stereocenters. The van der Waals surface area contributed by atoms with Gasteiger partial charge in [0.1, 0.15) is 11.5 Å². The maximum absolute atomic E-state index is 12.8. The van der Waals surface area contributed by atoms with E-state index in [2.05, 4.69) is 4.74 Å². The summed E-state index contributed by atoms with van der Waals surface area (Å²) in [5, 5.41) is 0. The van der Waals surface area contributed by atoms with Crippen LogP contribution in [0.3, 0.4) is 0 Å². The monoisotopic (exact) mass is 398 g/mol. The number of rotatable bonds is 6. The Balaban J connectivity index is 1.90. The van der Waals surface area contributed by atoms with Gasteiger partial charge in [0, 0.05) is 5.56 Å². The molecule has 1 aliphatic rings. The van der Waals surface area contributed by atoms with Gasteiger partial charge in [-0.15, -0.1) is 0 Å². The molecular weight excluding hydrogens is 376 g/mol. The van der Waals surface area contributed by atoms with Gasteiger partial charge in [0.25, 0.3) is 0 Å². The number of carbonyl (C=O) groups excluding carboxylic acids is 2. The van der Waals surface area contributed by atoms with Crippen LogP contribution >= 0.6 is 0 Å². The van der Waals surface area contributed by atoms with Crippen molar-refractivity contribution in [2.75, 3.05) is 21.3 Å². The van der Waals surface area contributed by atoms with E-state index in [0.717, 1.165) is 5.56 Å². The Morgan fingerprint density at radius 1 is 1.03 bits per heavy atom. The second-order valence-electron chi connectivity index (χ2n) is 6.40. The van der Waals surface area contributed by atoms with Crippen molar-refractivity contribution in [1.29, 1.82) is 0 Å². The summed E-state index contributed by atoms with van der Waals surface area (Å²) in [6, 6.07) is 8.58. The highest BCUT2D eigenvalue weighted by Gasteiger charge is 2.31. The summed E-state index contributed by atoms with van der Waals surface area (Å²) >= 11 is 0. The molecular formula is C22H22O7. The summed E-state index contributed by atoms with van der Waals surface area (Å²) in [5.41, 5.74) is 1.79. The van der Waals surface area contributed by atoms with Gasteiger partial charge in [0.05, 0.1) is 26.9 Å². The molecule has 3 rings (SSSR count). The van der Waals surface area contributed by atoms with E-state index >= 15 is 0 Å². The maximum Gasteiger partial charge on any atom is 0.346 e. The first-order valence-corrected chi connectivity index (χ1v) is 8.94. The fourth-order valence-corrected chi connectivity index (χ4v) is 2.99. The van der Waals surface area contributed by atoms with Crippen molar-refractivity contribution in [3.8, 4) is 23.0 Å². The van der Waals surface area contributed by atoms with E-state index in [1.54, 1.807) is 64.5 Å². The van der Waals surface area contributed by atoms with Crippen molar-refractivity contribution in [1.82, 2.24) is 0 Å². The number of esters is 1. The molecule has 0 aliphatic carbocycles. The van der Waals surface area contributed by atoms with Crippen molar-refractivity contribution >= 4 is 17.8 Å². The highest BCUT2D eigenvalue weighted by atomic mass is 16.6. The van der Waals surface area contributed by atoms with Gasteiger partial charge in [-0.25, -0.2) is 4.79 Å². The minimum absolute atomic E-state index is 0.188. The van der Waals surface area contributed by atoms with E-state index in [0.29, 0.717) is 34.1 Å². The van der Waals surface area contributed by atoms with Crippen LogP contribution in [0.2, 0.25) is 0 Å². The minimum atomic E-state index is -0.782. The van der Waals surface area contributed by atoms with Crippen LogP contribution < -0.4 is 18.9 Å². The molecule has 0 amide bonds. The number of ketones is 1. The largest absolute Gasteiger partial charge is 0.493 e. The number of allylic oxidation sites excluding steroid dienone is 1. The maximum atomic E-state index is 12.8. The molecule has 0 N–H and O–H groups in total. The lowest BCUT2D eigenvalue weighted by molar-refractivity contribution is -0.147. The van der Waals surface area contributed by atoms with Crippen LogP contribution in [0.15, 0.2) is 36.1 Å². The Kier molecular flexibility index (Phi) is 5.77. The highest BCUT2D eigenvalue weighted by Crippen LogP contribution is 2.40. The van der Waals surface area contributed by atoms with Crippen LogP contribution in [-0.2, 0) is 9.53 Å². The van der Waals surface area contributed by atoms with Gasteiger partial charge in [-0.05, 0) is 49.8 Å². The minimum Gasteiger partial charge on any atom is -0.493 e. The van der Waals surface area contributed by atoms with E-state index in [4.69, 9.17) is 18.9 Å². The average Bonchev–Trinajstić information content (AvgIpc) is 3.05. The molecule has 0 radical (unpaired) electrons. The molecule has 2 aromatic rings. The van der Waals surface area contributed by atoms with E-state index < -0.39 is 12.1 Å². The van der Waals surface area contributed by atoms with E-state index in [1.807, 2.05) is 0 Å². The van der Waals surface area contributed by atoms with Crippen LogP contribution in [0.4, 0.5) is 0 Å². The Bertz CT molecular complexity index is 991. The van der Waals surface area contributed by atoms with Gasteiger partial charge < -0.3 is 23.7 Å². The smallest absolute Gasteiger partial charge is 0.346 e. The number of methoxy groups -OCH3 is 3. The molecule has 152 valence electrons. The summed E-state index contributed by atoms with van der Waals surface area (Å²) < 4.78 is 26.7. The zero-order valence-corrected chi connectivity index (χ0v) is 16.9. The fourth-order valence-electron chi connectivity index (χ4n) is 2.99. The Morgan fingerprint density at radius 3 is 2.38 bits per heavy atom. The molecule has 7 nitrogen and oxygen atoms in total. The Hall–Kier alpha value is -3.48. The number of hydrogen-bond acceptors (Lipinski definition) is 7. The average molecular weight is 398 g/mol. The molecule has 2 aromatic carbocycles. The summed E-state index contributed by atoms with van der Waals surface area (Å²) in [6.07, 6.45) is 0.858. The number of Topliss-reactive ketones (excluding diaryl/α,β-unsaturated/α-hetero) is 1. The molecule has 0 saturated heterocycles. The molecule has 0 aromatic heterocycles. The molecule has 0 spiro atoms. The number of benzene rings is 2. The van der Waals surface area contributed by atoms with E-state index in [-0.39, 0.29) is 11.5 Å². The molecule has 0 saturated carbocycles. The van der Waals surface area contributed by atoms with E-state index in [9.17, 15) is 9.59 Å². The van der Waals surface area contributed by atoms with Crippen molar-refractivity contribution in [3.05, 3.63) is 52.8 Å². The van der Waals surface area contributed by atoms with Crippen molar-refractivity contribution in [2.45, 2.75) is 20.0 Å². The summed E-state index contributed by atoms with van der Waals surface area (Å²) in [6.45, 7) is 3.36. The second-order valence-corrected chi connectivity index (χ2v) is 6.40. The number of fused-ring (bicyclic) bond motifs is 1. The zero-order chi connectivity index (χ0) is 21.1.